The summed E-state index contributed by atoms with van der Waals surface area (Å²) >= 11 is 1.52. The third-order valence-corrected chi connectivity index (χ3v) is 4.65. The van der Waals surface area contributed by atoms with E-state index in [1.165, 1.54) is 11.3 Å². The van der Waals surface area contributed by atoms with Crippen LogP contribution >= 0.6 is 11.3 Å². The zero-order chi connectivity index (χ0) is 17.1. The number of rotatable bonds is 4. The van der Waals surface area contributed by atoms with Crippen molar-refractivity contribution in [1.29, 1.82) is 0 Å². The number of hydrogen-bond donors (Lipinski definition) is 0. The third kappa shape index (κ3) is 3.49. The SMILES string of the molecule is O=C(OCc1csc(-c2ccccc2)n1)C1COc2ccccc2O1. The summed E-state index contributed by atoms with van der Waals surface area (Å²) in [5, 5.41) is 2.79. The number of esters is 1. The second kappa shape index (κ2) is 6.94. The van der Waals surface area contributed by atoms with Gasteiger partial charge in [-0.3, -0.25) is 0 Å². The van der Waals surface area contributed by atoms with Crippen LogP contribution in [0.5, 0.6) is 11.5 Å². The predicted molar refractivity (Wildman–Crippen MR) is 93.7 cm³/mol. The van der Waals surface area contributed by atoms with Crippen molar-refractivity contribution < 1.29 is 19.0 Å². The minimum Gasteiger partial charge on any atom is -0.485 e. The first-order chi connectivity index (χ1) is 12.3. The monoisotopic (exact) mass is 353 g/mol. The van der Waals surface area contributed by atoms with Crippen LogP contribution in [0.1, 0.15) is 5.69 Å². The molecule has 0 fully saturated rings. The standard InChI is InChI=1S/C19H15NO4S/c21-19(17-11-22-15-8-4-5-9-16(15)24-17)23-10-14-12-25-18(20-14)13-6-2-1-3-7-13/h1-9,12,17H,10-11H2. The number of thiazole rings is 1. The molecule has 0 bridgehead atoms. The first-order valence-electron chi connectivity index (χ1n) is 7.84. The van der Waals surface area contributed by atoms with Crippen molar-refractivity contribution in [2.45, 2.75) is 12.7 Å². The Balaban J connectivity index is 1.36. The van der Waals surface area contributed by atoms with Crippen LogP contribution in [0.2, 0.25) is 0 Å². The van der Waals surface area contributed by atoms with Gasteiger partial charge in [-0.2, -0.15) is 0 Å². The lowest BCUT2D eigenvalue weighted by molar-refractivity contribution is -0.156. The highest BCUT2D eigenvalue weighted by Crippen LogP contribution is 2.31. The van der Waals surface area contributed by atoms with Crippen molar-refractivity contribution in [2.24, 2.45) is 0 Å². The molecule has 126 valence electrons. The highest BCUT2D eigenvalue weighted by molar-refractivity contribution is 7.13. The number of fused-ring (bicyclic) bond motifs is 1. The molecule has 0 saturated heterocycles. The lowest BCUT2D eigenvalue weighted by atomic mass is 10.2. The molecule has 6 heteroatoms. The second-order valence-electron chi connectivity index (χ2n) is 5.48. The summed E-state index contributed by atoms with van der Waals surface area (Å²) in [6.45, 7) is 0.256. The van der Waals surface area contributed by atoms with E-state index < -0.39 is 12.1 Å². The van der Waals surface area contributed by atoms with Crippen LogP contribution in [0, 0.1) is 0 Å². The van der Waals surface area contributed by atoms with E-state index >= 15 is 0 Å². The van der Waals surface area contributed by atoms with Crippen LogP contribution in [0.4, 0.5) is 0 Å². The number of carbonyl (C=O) groups is 1. The van der Waals surface area contributed by atoms with Gasteiger partial charge in [-0.05, 0) is 12.1 Å². The van der Waals surface area contributed by atoms with Crippen LogP contribution in [0.25, 0.3) is 10.6 Å². The summed E-state index contributed by atoms with van der Waals surface area (Å²) in [4.78, 5) is 16.7. The van der Waals surface area contributed by atoms with E-state index in [-0.39, 0.29) is 13.2 Å². The Morgan fingerprint density at radius 2 is 1.88 bits per heavy atom. The first-order valence-corrected chi connectivity index (χ1v) is 8.72. The lowest BCUT2D eigenvalue weighted by Crippen LogP contribution is -2.37. The molecule has 0 amide bonds. The van der Waals surface area contributed by atoms with Crippen LogP contribution < -0.4 is 9.47 Å². The number of hydrogen-bond acceptors (Lipinski definition) is 6. The molecule has 3 aromatic rings. The minimum absolute atomic E-state index is 0.115. The summed E-state index contributed by atoms with van der Waals surface area (Å²) < 4.78 is 16.5. The number of nitrogens with zero attached hydrogens (tertiary/aromatic N) is 1. The second-order valence-corrected chi connectivity index (χ2v) is 6.34. The minimum atomic E-state index is -0.762. The molecule has 0 spiro atoms. The molecule has 1 aliphatic heterocycles. The molecule has 4 rings (SSSR count). The van der Waals surface area contributed by atoms with Crippen molar-refractivity contribution in [2.75, 3.05) is 6.61 Å². The Labute approximate surface area is 148 Å². The van der Waals surface area contributed by atoms with Gasteiger partial charge in [0.05, 0.1) is 5.69 Å². The summed E-state index contributed by atoms with van der Waals surface area (Å²) in [7, 11) is 0. The highest BCUT2D eigenvalue weighted by atomic mass is 32.1. The average Bonchev–Trinajstić information content (AvgIpc) is 3.15. The summed E-state index contributed by atoms with van der Waals surface area (Å²) in [5.41, 5.74) is 1.76. The van der Waals surface area contributed by atoms with Crippen molar-refractivity contribution in [1.82, 2.24) is 4.98 Å². The molecule has 25 heavy (non-hydrogen) atoms. The smallest absolute Gasteiger partial charge is 0.351 e. The van der Waals surface area contributed by atoms with E-state index in [9.17, 15) is 4.79 Å². The molecular weight excluding hydrogens is 338 g/mol. The Bertz CT molecular complexity index is 878. The van der Waals surface area contributed by atoms with Gasteiger partial charge in [0.25, 0.3) is 0 Å². The molecule has 2 aromatic carbocycles. The Hall–Kier alpha value is -2.86. The molecule has 5 nitrogen and oxygen atoms in total. The van der Waals surface area contributed by atoms with Crippen LogP contribution in [0.3, 0.4) is 0 Å². The molecule has 0 saturated carbocycles. The molecule has 1 atom stereocenters. The van der Waals surface area contributed by atoms with E-state index in [0.29, 0.717) is 17.2 Å². The van der Waals surface area contributed by atoms with Crippen molar-refractivity contribution in [3.63, 3.8) is 0 Å². The van der Waals surface area contributed by atoms with E-state index in [2.05, 4.69) is 4.98 Å². The topological polar surface area (TPSA) is 57.7 Å². The Morgan fingerprint density at radius 1 is 1.12 bits per heavy atom. The quantitative estimate of drug-likeness (QED) is 0.670. The van der Waals surface area contributed by atoms with Gasteiger partial charge in [-0.15, -0.1) is 11.3 Å². The van der Waals surface area contributed by atoms with Gasteiger partial charge in [-0.25, -0.2) is 9.78 Å². The predicted octanol–water partition coefficient (Wildman–Crippen LogP) is 3.69. The van der Waals surface area contributed by atoms with E-state index in [1.54, 1.807) is 12.1 Å². The van der Waals surface area contributed by atoms with Gasteiger partial charge in [-0.1, -0.05) is 42.5 Å². The summed E-state index contributed by atoms with van der Waals surface area (Å²) in [6.07, 6.45) is -0.762. The zero-order valence-electron chi connectivity index (χ0n) is 13.3. The molecular formula is C19H15NO4S. The van der Waals surface area contributed by atoms with Crippen molar-refractivity contribution in [3.05, 3.63) is 65.7 Å². The maximum atomic E-state index is 12.2. The van der Waals surface area contributed by atoms with Gasteiger partial charge >= 0.3 is 5.97 Å². The average molecular weight is 353 g/mol. The fourth-order valence-electron chi connectivity index (χ4n) is 2.46. The largest absolute Gasteiger partial charge is 0.485 e. The molecule has 1 aliphatic rings. The normalized spacial score (nSPS) is 15.6. The number of aromatic nitrogens is 1. The molecule has 0 radical (unpaired) electrons. The van der Waals surface area contributed by atoms with E-state index in [1.807, 2.05) is 47.8 Å². The van der Waals surface area contributed by atoms with Crippen LogP contribution in [-0.2, 0) is 16.1 Å². The van der Waals surface area contributed by atoms with Gasteiger partial charge in [0.1, 0.15) is 18.2 Å². The first kappa shape index (κ1) is 15.7. The highest BCUT2D eigenvalue weighted by Gasteiger charge is 2.28. The molecule has 1 aromatic heterocycles. The van der Waals surface area contributed by atoms with Gasteiger partial charge in [0.2, 0.25) is 6.10 Å². The molecule has 0 aliphatic carbocycles. The Kier molecular flexibility index (Phi) is 4.35. The molecule has 0 N–H and O–H groups in total. The summed E-state index contributed by atoms with van der Waals surface area (Å²) in [6, 6.07) is 17.1. The van der Waals surface area contributed by atoms with Gasteiger partial charge < -0.3 is 14.2 Å². The number of ether oxygens (including phenoxy) is 3. The number of carbonyl (C=O) groups excluding carboxylic acids is 1. The number of para-hydroxylation sites is 2. The van der Waals surface area contributed by atoms with Gasteiger partial charge in [0, 0.05) is 10.9 Å². The molecule has 1 unspecified atom stereocenters. The van der Waals surface area contributed by atoms with Crippen molar-refractivity contribution >= 4 is 17.3 Å². The van der Waals surface area contributed by atoms with E-state index in [4.69, 9.17) is 14.2 Å². The van der Waals surface area contributed by atoms with Crippen molar-refractivity contribution in [3.8, 4) is 22.1 Å². The van der Waals surface area contributed by atoms with Crippen LogP contribution in [-0.4, -0.2) is 23.7 Å². The molecule has 2 heterocycles. The number of benzene rings is 2. The van der Waals surface area contributed by atoms with Crippen LogP contribution in [0.15, 0.2) is 60.0 Å². The lowest BCUT2D eigenvalue weighted by Gasteiger charge is -2.24. The Morgan fingerprint density at radius 3 is 2.72 bits per heavy atom. The third-order valence-electron chi connectivity index (χ3n) is 3.71. The fraction of sp³-hybridized carbons (Fsp3) is 0.158. The van der Waals surface area contributed by atoms with Gasteiger partial charge in [0.15, 0.2) is 11.5 Å². The maximum absolute atomic E-state index is 12.2. The fourth-order valence-corrected chi connectivity index (χ4v) is 3.27. The maximum Gasteiger partial charge on any atom is 0.351 e. The summed E-state index contributed by atoms with van der Waals surface area (Å²) in [5.74, 6) is 0.734. The van der Waals surface area contributed by atoms with E-state index in [0.717, 1.165) is 10.6 Å². The zero-order valence-corrected chi connectivity index (χ0v) is 14.1.